The van der Waals surface area contributed by atoms with Gasteiger partial charge in [0.25, 0.3) is 5.91 Å². The van der Waals surface area contributed by atoms with E-state index in [2.05, 4.69) is 15.5 Å². The van der Waals surface area contributed by atoms with Crippen molar-refractivity contribution in [2.45, 2.75) is 51.9 Å². The first-order valence-corrected chi connectivity index (χ1v) is 12.4. The molecule has 0 bridgehead atoms. The lowest BCUT2D eigenvalue weighted by Crippen LogP contribution is -2.24. The van der Waals surface area contributed by atoms with Crippen molar-refractivity contribution in [3.05, 3.63) is 64.3 Å². The van der Waals surface area contributed by atoms with E-state index < -0.39 is 11.6 Å². The van der Waals surface area contributed by atoms with Crippen LogP contribution in [0.4, 0.5) is 0 Å². The third-order valence-electron chi connectivity index (χ3n) is 5.97. The maximum Gasteiger partial charge on any atom is 0.339 e. The number of fused-ring (bicyclic) bond motifs is 1. The highest BCUT2D eigenvalue weighted by atomic mass is 16.7. The number of hydrogen-bond donors (Lipinski definition) is 3. The number of esters is 1. The molecule has 1 amide bonds. The number of aromatic nitrogens is 2. The quantitative estimate of drug-likeness (QED) is 0.394. The van der Waals surface area contributed by atoms with Crippen LogP contribution in [-0.4, -0.2) is 54.2 Å². The van der Waals surface area contributed by atoms with Crippen LogP contribution >= 0.6 is 0 Å². The Balaban J connectivity index is 1.64. The van der Waals surface area contributed by atoms with Crippen LogP contribution in [0.25, 0.3) is 22.7 Å². The molecule has 2 aromatic carbocycles. The second-order valence-corrected chi connectivity index (χ2v) is 10.00. The van der Waals surface area contributed by atoms with Gasteiger partial charge in [0.1, 0.15) is 11.3 Å². The molecule has 2 heterocycles. The third kappa shape index (κ3) is 6.55. The first-order chi connectivity index (χ1) is 17.6. The van der Waals surface area contributed by atoms with Crippen molar-refractivity contribution in [2.75, 3.05) is 20.3 Å². The number of rotatable bonds is 8. The van der Waals surface area contributed by atoms with Crippen LogP contribution in [-0.2, 0) is 20.6 Å². The van der Waals surface area contributed by atoms with Crippen molar-refractivity contribution in [1.29, 1.82) is 0 Å². The predicted octanol–water partition coefficient (Wildman–Crippen LogP) is 4.03. The lowest BCUT2D eigenvalue weighted by atomic mass is 9.98. The minimum absolute atomic E-state index is 0.145. The van der Waals surface area contributed by atoms with Gasteiger partial charge < -0.3 is 25.3 Å². The largest absolute Gasteiger partial charge is 0.456 e. The summed E-state index contributed by atoms with van der Waals surface area (Å²) >= 11 is 0. The van der Waals surface area contributed by atoms with E-state index in [9.17, 15) is 9.59 Å². The van der Waals surface area contributed by atoms with Gasteiger partial charge in [0.15, 0.2) is 6.29 Å². The van der Waals surface area contributed by atoms with Crippen molar-refractivity contribution < 1.29 is 23.8 Å². The highest BCUT2D eigenvalue weighted by molar-refractivity contribution is 6.01. The molecule has 0 unspecified atom stereocenters. The van der Waals surface area contributed by atoms with Gasteiger partial charge in [-0.25, -0.2) is 4.79 Å². The average Bonchev–Trinajstić information content (AvgIpc) is 3.52. The van der Waals surface area contributed by atoms with Gasteiger partial charge in [-0.05, 0) is 81.5 Å². The molecule has 0 radical (unpaired) electrons. The second kappa shape index (κ2) is 11.1. The molecule has 0 aliphatic carbocycles. The lowest BCUT2D eigenvalue weighted by molar-refractivity contribution is -0.0475. The van der Waals surface area contributed by atoms with E-state index in [0.717, 1.165) is 30.2 Å². The highest BCUT2D eigenvalue weighted by Crippen LogP contribution is 2.26. The standard InChI is InChI=1S/C28H34N4O5/c1-28(2,3)37-27(34)20-10-8-17(6-5-7-24-35-12-13-36-24)14-19(20)15-22(29)25-21-11-9-18(26(33)30-4)16-23(21)31-32-25/h8-11,14-16,24H,5-7,12-13,29H2,1-4H3,(H,30,33)(H,31,32)/b22-15-. The topological polar surface area (TPSA) is 129 Å². The van der Waals surface area contributed by atoms with Crippen molar-refractivity contribution >= 4 is 34.6 Å². The van der Waals surface area contributed by atoms with Gasteiger partial charge in [0, 0.05) is 18.0 Å². The van der Waals surface area contributed by atoms with E-state index >= 15 is 0 Å². The molecule has 4 rings (SSSR count). The Labute approximate surface area is 216 Å². The number of aryl methyl sites for hydroxylation is 1. The molecule has 0 saturated carbocycles. The summed E-state index contributed by atoms with van der Waals surface area (Å²) in [5.74, 6) is -0.612. The van der Waals surface area contributed by atoms with Gasteiger partial charge >= 0.3 is 5.97 Å². The lowest BCUT2D eigenvalue weighted by Gasteiger charge is -2.20. The van der Waals surface area contributed by atoms with Crippen LogP contribution in [0.1, 0.15) is 71.1 Å². The Morgan fingerprint density at radius 3 is 2.65 bits per heavy atom. The zero-order valence-corrected chi connectivity index (χ0v) is 21.7. The van der Waals surface area contributed by atoms with Crippen molar-refractivity contribution in [1.82, 2.24) is 15.5 Å². The summed E-state index contributed by atoms with van der Waals surface area (Å²) in [6.45, 7) is 6.77. The summed E-state index contributed by atoms with van der Waals surface area (Å²) in [5.41, 5.74) is 10.1. The number of carbonyl (C=O) groups is 2. The van der Waals surface area contributed by atoms with Gasteiger partial charge in [-0.2, -0.15) is 5.10 Å². The summed E-state index contributed by atoms with van der Waals surface area (Å²) < 4.78 is 16.7. The Bertz CT molecular complexity index is 1320. The molecule has 37 heavy (non-hydrogen) atoms. The second-order valence-electron chi connectivity index (χ2n) is 10.00. The summed E-state index contributed by atoms with van der Waals surface area (Å²) in [7, 11) is 1.58. The summed E-state index contributed by atoms with van der Waals surface area (Å²) in [4.78, 5) is 25.0. The molecule has 1 saturated heterocycles. The molecule has 1 fully saturated rings. The molecule has 4 N–H and O–H groups in total. The third-order valence-corrected chi connectivity index (χ3v) is 5.97. The van der Waals surface area contributed by atoms with Gasteiger partial charge in [0.2, 0.25) is 0 Å². The number of H-pyrrole nitrogens is 1. The van der Waals surface area contributed by atoms with Crippen molar-refractivity contribution in [2.24, 2.45) is 5.73 Å². The number of carbonyl (C=O) groups excluding carboxylic acids is 2. The number of aromatic amines is 1. The minimum atomic E-state index is -0.634. The monoisotopic (exact) mass is 506 g/mol. The van der Waals surface area contributed by atoms with E-state index in [0.29, 0.717) is 46.8 Å². The molecule has 1 aliphatic rings. The van der Waals surface area contributed by atoms with E-state index in [4.69, 9.17) is 19.9 Å². The van der Waals surface area contributed by atoms with Gasteiger partial charge in [0.05, 0.1) is 30.0 Å². The van der Waals surface area contributed by atoms with E-state index in [1.165, 1.54) is 0 Å². The molecule has 9 heteroatoms. The van der Waals surface area contributed by atoms with Crippen LogP contribution in [0.15, 0.2) is 36.4 Å². The molecule has 1 aliphatic heterocycles. The van der Waals surface area contributed by atoms with E-state index in [-0.39, 0.29) is 12.2 Å². The molecule has 1 aromatic heterocycles. The van der Waals surface area contributed by atoms with Crippen LogP contribution in [0, 0.1) is 0 Å². The minimum Gasteiger partial charge on any atom is -0.456 e. The number of nitrogens with zero attached hydrogens (tertiary/aromatic N) is 1. The SMILES string of the molecule is CNC(=O)c1ccc2c(/C(N)=C/c3cc(CCCC4OCCO4)ccc3C(=O)OC(C)(C)C)n[nH]c2c1. The first-order valence-electron chi connectivity index (χ1n) is 12.4. The fourth-order valence-corrected chi connectivity index (χ4v) is 4.21. The smallest absolute Gasteiger partial charge is 0.339 e. The van der Waals surface area contributed by atoms with Crippen LogP contribution in [0.5, 0.6) is 0 Å². The first kappa shape index (κ1) is 26.4. The van der Waals surface area contributed by atoms with Gasteiger partial charge in [-0.15, -0.1) is 0 Å². The number of nitrogens with two attached hydrogens (primary N) is 1. The number of amides is 1. The summed E-state index contributed by atoms with van der Waals surface area (Å²) in [6.07, 6.45) is 4.08. The zero-order valence-electron chi connectivity index (χ0n) is 21.7. The Morgan fingerprint density at radius 1 is 1.19 bits per heavy atom. The molecular formula is C28H34N4O5. The Kier molecular flexibility index (Phi) is 7.94. The highest BCUT2D eigenvalue weighted by Gasteiger charge is 2.21. The van der Waals surface area contributed by atoms with Crippen molar-refractivity contribution in [3.63, 3.8) is 0 Å². The fraction of sp³-hybridized carbons (Fsp3) is 0.393. The molecule has 196 valence electrons. The predicted molar refractivity (Wildman–Crippen MR) is 142 cm³/mol. The zero-order chi connectivity index (χ0) is 26.6. The number of nitrogens with one attached hydrogen (secondary N) is 2. The Morgan fingerprint density at radius 2 is 1.95 bits per heavy atom. The molecule has 0 spiro atoms. The van der Waals surface area contributed by atoms with Crippen LogP contribution in [0.3, 0.4) is 0 Å². The fourth-order valence-electron chi connectivity index (χ4n) is 4.21. The maximum absolute atomic E-state index is 13.0. The van der Waals surface area contributed by atoms with Crippen molar-refractivity contribution in [3.8, 4) is 0 Å². The van der Waals surface area contributed by atoms with Crippen LogP contribution < -0.4 is 11.1 Å². The van der Waals surface area contributed by atoms with E-state index in [1.807, 2.05) is 32.9 Å². The number of hydrogen-bond acceptors (Lipinski definition) is 7. The van der Waals surface area contributed by atoms with Gasteiger partial charge in [-0.3, -0.25) is 9.89 Å². The molecular weight excluding hydrogens is 472 g/mol. The summed E-state index contributed by atoms with van der Waals surface area (Å²) in [5, 5.41) is 10.7. The number of ether oxygens (including phenoxy) is 3. The Hall–Kier alpha value is -3.69. The van der Waals surface area contributed by atoms with Crippen LogP contribution in [0.2, 0.25) is 0 Å². The van der Waals surface area contributed by atoms with E-state index in [1.54, 1.807) is 37.4 Å². The average molecular weight is 507 g/mol. The molecule has 0 atom stereocenters. The maximum atomic E-state index is 13.0. The molecule has 9 nitrogen and oxygen atoms in total. The van der Waals surface area contributed by atoms with Gasteiger partial charge in [-0.1, -0.05) is 12.1 Å². The summed E-state index contributed by atoms with van der Waals surface area (Å²) in [6, 6.07) is 10.9. The molecule has 3 aromatic rings. The number of benzene rings is 2. The normalized spacial score (nSPS) is 14.8.